The smallest absolute Gasteiger partial charge is 0.0360 e. The fourth-order valence-electron chi connectivity index (χ4n) is 0.385. The van der Waals surface area contributed by atoms with Crippen molar-refractivity contribution >= 4 is 0 Å². The molecule has 0 unspecified atom stereocenters. The van der Waals surface area contributed by atoms with Gasteiger partial charge in [0.05, 0.1) is 0 Å². The molecule has 0 aromatic heterocycles. The molecule has 1 rings (SSSR count). The van der Waals surface area contributed by atoms with Crippen LogP contribution in [0.1, 0.15) is 34.6 Å². The molecule has 0 bridgehead atoms. The first-order valence-corrected chi connectivity index (χ1v) is 4.94. The summed E-state index contributed by atoms with van der Waals surface area (Å²) in [5.74, 6) is 0.799. The molecule has 0 spiro atoms. The van der Waals surface area contributed by atoms with E-state index in [0.717, 1.165) is 5.92 Å². The lowest BCUT2D eigenvalue weighted by Crippen LogP contribution is -2.12. The van der Waals surface area contributed by atoms with E-state index in [9.17, 15) is 0 Å². The van der Waals surface area contributed by atoms with Crippen molar-refractivity contribution in [2.24, 2.45) is 11.3 Å². The third-order valence-corrected chi connectivity index (χ3v) is 2.40. The molecule has 1 aromatic carbocycles. The zero-order valence-electron chi connectivity index (χ0n) is 9.54. The fraction of sp³-hybridized carbons (Fsp3) is 0.538. The van der Waals surface area contributed by atoms with Crippen LogP contribution in [0.2, 0.25) is 0 Å². The van der Waals surface area contributed by atoms with Gasteiger partial charge in [0, 0.05) is 0 Å². The third-order valence-electron chi connectivity index (χ3n) is 2.40. The van der Waals surface area contributed by atoms with Gasteiger partial charge in [0.2, 0.25) is 0 Å². The maximum Gasteiger partial charge on any atom is -0.0360 e. The highest BCUT2D eigenvalue weighted by atomic mass is 14.2. The van der Waals surface area contributed by atoms with Gasteiger partial charge in [-0.1, -0.05) is 71.0 Å². The Bertz CT molecular complexity index is 164. The second-order valence-corrected chi connectivity index (χ2v) is 4.68. The molecule has 0 aliphatic carbocycles. The SMILES string of the molecule is CC(C)C(C)(C)C.c1ccccc1. The molecule has 0 saturated carbocycles. The Morgan fingerprint density at radius 1 is 0.692 bits per heavy atom. The van der Waals surface area contributed by atoms with Crippen molar-refractivity contribution in [2.45, 2.75) is 34.6 Å². The first kappa shape index (κ1) is 12.2. The van der Waals surface area contributed by atoms with Crippen molar-refractivity contribution in [3.05, 3.63) is 36.4 Å². The summed E-state index contributed by atoms with van der Waals surface area (Å²) in [5.41, 5.74) is 0.500. The second-order valence-electron chi connectivity index (χ2n) is 4.68. The van der Waals surface area contributed by atoms with Crippen LogP contribution in [0.15, 0.2) is 36.4 Å². The van der Waals surface area contributed by atoms with Crippen LogP contribution in [0.25, 0.3) is 0 Å². The van der Waals surface area contributed by atoms with E-state index in [0.29, 0.717) is 5.41 Å². The number of hydrogen-bond donors (Lipinski definition) is 0. The summed E-state index contributed by atoms with van der Waals surface area (Å²) in [6.45, 7) is 11.3. The Hall–Kier alpha value is -0.780. The van der Waals surface area contributed by atoms with Gasteiger partial charge in [-0.15, -0.1) is 0 Å². The van der Waals surface area contributed by atoms with Crippen molar-refractivity contribution in [3.8, 4) is 0 Å². The van der Waals surface area contributed by atoms with Gasteiger partial charge in [-0.2, -0.15) is 0 Å². The van der Waals surface area contributed by atoms with Crippen LogP contribution < -0.4 is 0 Å². The van der Waals surface area contributed by atoms with E-state index in [1.165, 1.54) is 0 Å². The summed E-state index contributed by atoms with van der Waals surface area (Å²) in [6, 6.07) is 12.0. The van der Waals surface area contributed by atoms with Gasteiger partial charge in [-0.05, 0) is 11.3 Å². The molecule has 0 nitrogen and oxygen atoms in total. The standard InChI is InChI=1S/C7H16.C6H6/c1-6(2)7(3,4)5;1-2-4-6-5-3-1/h6H,1-5H3;1-6H. The van der Waals surface area contributed by atoms with Gasteiger partial charge in [0.1, 0.15) is 0 Å². The lowest BCUT2D eigenvalue weighted by Gasteiger charge is -2.22. The van der Waals surface area contributed by atoms with Gasteiger partial charge < -0.3 is 0 Å². The maximum atomic E-state index is 2.26. The topological polar surface area (TPSA) is 0 Å². The molecule has 0 radical (unpaired) electrons. The monoisotopic (exact) mass is 178 g/mol. The molecule has 0 heterocycles. The summed E-state index contributed by atoms with van der Waals surface area (Å²) in [5, 5.41) is 0. The van der Waals surface area contributed by atoms with Crippen LogP contribution in [0, 0.1) is 11.3 Å². The van der Waals surface area contributed by atoms with Crippen LogP contribution in [0.5, 0.6) is 0 Å². The quantitative estimate of drug-likeness (QED) is 0.553. The van der Waals surface area contributed by atoms with Crippen molar-refractivity contribution < 1.29 is 0 Å². The Balaban J connectivity index is 0.000000223. The van der Waals surface area contributed by atoms with Crippen LogP contribution >= 0.6 is 0 Å². The third kappa shape index (κ3) is 7.58. The van der Waals surface area contributed by atoms with Crippen LogP contribution in [-0.2, 0) is 0 Å². The fourth-order valence-corrected chi connectivity index (χ4v) is 0.385. The van der Waals surface area contributed by atoms with E-state index in [-0.39, 0.29) is 0 Å². The zero-order chi connectivity index (χ0) is 10.3. The molecule has 0 aliphatic rings. The van der Waals surface area contributed by atoms with Crippen molar-refractivity contribution in [1.82, 2.24) is 0 Å². The molecule has 0 saturated heterocycles. The van der Waals surface area contributed by atoms with Crippen LogP contribution in [0.4, 0.5) is 0 Å². The summed E-state index contributed by atoms with van der Waals surface area (Å²) in [7, 11) is 0. The van der Waals surface area contributed by atoms with Gasteiger partial charge in [0.15, 0.2) is 0 Å². The van der Waals surface area contributed by atoms with Crippen molar-refractivity contribution in [2.75, 3.05) is 0 Å². The van der Waals surface area contributed by atoms with Gasteiger partial charge in [-0.25, -0.2) is 0 Å². The predicted molar refractivity (Wildman–Crippen MR) is 60.7 cm³/mol. The van der Waals surface area contributed by atoms with E-state index in [1.807, 2.05) is 36.4 Å². The summed E-state index contributed by atoms with van der Waals surface area (Å²) in [4.78, 5) is 0. The number of rotatable bonds is 0. The van der Waals surface area contributed by atoms with Gasteiger partial charge >= 0.3 is 0 Å². The molecule has 0 aliphatic heterocycles. The molecule has 0 atom stereocenters. The number of hydrogen-bond acceptors (Lipinski definition) is 0. The highest BCUT2D eigenvalue weighted by molar-refractivity contribution is 4.99. The lowest BCUT2D eigenvalue weighted by atomic mass is 9.84. The van der Waals surface area contributed by atoms with Gasteiger partial charge in [0.25, 0.3) is 0 Å². The van der Waals surface area contributed by atoms with Crippen LogP contribution in [0.3, 0.4) is 0 Å². The molecule has 1 aromatic rings. The minimum atomic E-state index is 0.500. The summed E-state index contributed by atoms with van der Waals surface area (Å²) >= 11 is 0. The first-order valence-electron chi connectivity index (χ1n) is 4.94. The predicted octanol–water partition coefficient (Wildman–Crippen LogP) is 4.38. The Labute approximate surface area is 83.0 Å². The summed E-state index contributed by atoms with van der Waals surface area (Å²) < 4.78 is 0. The first-order chi connectivity index (χ1) is 5.94. The van der Waals surface area contributed by atoms with Gasteiger partial charge in [-0.3, -0.25) is 0 Å². The van der Waals surface area contributed by atoms with E-state index < -0.39 is 0 Å². The van der Waals surface area contributed by atoms with Crippen LogP contribution in [-0.4, -0.2) is 0 Å². The van der Waals surface area contributed by atoms with E-state index in [2.05, 4.69) is 34.6 Å². The molecule has 0 heteroatoms. The zero-order valence-corrected chi connectivity index (χ0v) is 9.54. The average molecular weight is 178 g/mol. The molecule has 0 amide bonds. The van der Waals surface area contributed by atoms with E-state index in [4.69, 9.17) is 0 Å². The largest absolute Gasteiger partial charge is 0.0623 e. The highest BCUT2D eigenvalue weighted by Gasteiger charge is 2.13. The molecule has 0 fully saturated rings. The molecular weight excluding hydrogens is 156 g/mol. The highest BCUT2D eigenvalue weighted by Crippen LogP contribution is 2.23. The molecule has 13 heavy (non-hydrogen) atoms. The Kier molecular flexibility index (Phi) is 5.45. The second kappa shape index (κ2) is 5.80. The van der Waals surface area contributed by atoms with E-state index >= 15 is 0 Å². The normalized spacial score (nSPS) is 10.6. The minimum Gasteiger partial charge on any atom is -0.0623 e. The van der Waals surface area contributed by atoms with Crippen molar-refractivity contribution in [1.29, 1.82) is 0 Å². The molecular formula is C13H22. The van der Waals surface area contributed by atoms with E-state index in [1.54, 1.807) is 0 Å². The average Bonchev–Trinajstić information content (AvgIpc) is 2.07. The molecule has 74 valence electrons. The Morgan fingerprint density at radius 3 is 0.923 bits per heavy atom. The maximum absolute atomic E-state index is 2.26. The molecule has 0 N–H and O–H groups in total. The number of benzene rings is 1. The van der Waals surface area contributed by atoms with Crippen molar-refractivity contribution in [3.63, 3.8) is 0 Å². The summed E-state index contributed by atoms with van der Waals surface area (Å²) in [6.07, 6.45) is 0. The Morgan fingerprint density at radius 2 is 0.846 bits per heavy atom. The minimum absolute atomic E-state index is 0.500. The lowest BCUT2D eigenvalue weighted by molar-refractivity contribution is 0.283.